The average Bonchev–Trinajstić information content (AvgIpc) is 2.67. The van der Waals surface area contributed by atoms with Gasteiger partial charge in [0.05, 0.1) is 19.0 Å². The highest BCUT2D eigenvalue weighted by Gasteiger charge is 2.33. The Kier molecular flexibility index (Phi) is 3.54. The van der Waals surface area contributed by atoms with Crippen LogP contribution in [0.15, 0.2) is 48.7 Å². The van der Waals surface area contributed by atoms with Gasteiger partial charge in [0.25, 0.3) is 0 Å². The summed E-state index contributed by atoms with van der Waals surface area (Å²) in [5.41, 5.74) is 5.08. The van der Waals surface area contributed by atoms with Crippen LogP contribution in [0.5, 0.6) is 11.5 Å². The smallest absolute Gasteiger partial charge is 0.228 e. The zero-order valence-electron chi connectivity index (χ0n) is 17.5. The fourth-order valence-corrected chi connectivity index (χ4v) is 6.46. The summed E-state index contributed by atoms with van der Waals surface area (Å²) in [5, 5.41) is 6.70. The summed E-state index contributed by atoms with van der Waals surface area (Å²) in [6.45, 7) is 11.8. The maximum absolute atomic E-state index is 6.59. The summed E-state index contributed by atoms with van der Waals surface area (Å²) in [7, 11) is 0.647. The predicted molar refractivity (Wildman–Crippen MR) is 121 cm³/mol. The van der Waals surface area contributed by atoms with Gasteiger partial charge in [0.1, 0.15) is 18.5 Å². The third kappa shape index (κ3) is 2.23. The molecule has 0 fully saturated rings. The number of fused-ring (bicyclic) bond motifs is 3. The van der Waals surface area contributed by atoms with Crippen molar-refractivity contribution in [3.63, 3.8) is 0 Å². The molecule has 1 aliphatic rings. The first-order valence-corrected chi connectivity index (χ1v) is 13.4. The Morgan fingerprint density at radius 1 is 0.857 bits per heavy atom. The minimum atomic E-state index is -1.49. The van der Waals surface area contributed by atoms with Crippen molar-refractivity contribution in [2.45, 2.75) is 33.5 Å². The van der Waals surface area contributed by atoms with Gasteiger partial charge in [-0.05, 0) is 41.6 Å². The lowest BCUT2D eigenvalue weighted by atomic mass is 9.89. The minimum absolute atomic E-state index is 0.962. The molecule has 1 aliphatic heterocycles. The van der Waals surface area contributed by atoms with Crippen LogP contribution in [0, 0.1) is 13.8 Å². The van der Waals surface area contributed by atoms with Crippen molar-refractivity contribution in [3.8, 4) is 22.8 Å². The van der Waals surface area contributed by atoms with Crippen molar-refractivity contribution in [1.82, 2.24) is 0 Å². The lowest BCUT2D eigenvalue weighted by Gasteiger charge is -2.27. The number of hydrogen-bond acceptors (Lipinski definition) is 1. The van der Waals surface area contributed by atoms with E-state index in [9.17, 15) is 0 Å². The van der Waals surface area contributed by atoms with E-state index in [0.717, 1.165) is 11.5 Å². The van der Waals surface area contributed by atoms with Gasteiger partial charge >= 0.3 is 0 Å². The number of aromatic nitrogens is 1. The summed E-state index contributed by atoms with van der Waals surface area (Å²) in [6.07, 6.45) is 2.16. The zero-order chi connectivity index (χ0) is 19.8. The first kappa shape index (κ1) is 17.4. The van der Waals surface area contributed by atoms with Gasteiger partial charge in [-0.2, -0.15) is 0 Å². The number of nitrogens with zero attached hydrogens (tertiary/aromatic N) is 1. The second kappa shape index (κ2) is 5.68. The molecule has 0 amide bonds. The van der Waals surface area contributed by atoms with Crippen LogP contribution in [0.3, 0.4) is 0 Å². The zero-order valence-corrected chi connectivity index (χ0v) is 18.5. The molecule has 0 spiro atoms. The second-order valence-corrected chi connectivity index (χ2v) is 14.1. The number of ether oxygens (including phenoxy) is 1. The fourth-order valence-electron chi connectivity index (χ4n) is 4.79. The number of aryl methyl sites for hydroxylation is 3. The lowest BCUT2D eigenvalue weighted by Crippen LogP contribution is -2.38. The van der Waals surface area contributed by atoms with Crippen LogP contribution in [0.1, 0.15) is 11.1 Å². The summed E-state index contributed by atoms with van der Waals surface area (Å²) in [4.78, 5) is 0. The lowest BCUT2D eigenvalue weighted by molar-refractivity contribution is -0.659. The van der Waals surface area contributed by atoms with E-state index in [-0.39, 0.29) is 0 Å². The molecular formula is C25H26NOSi+. The van der Waals surface area contributed by atoms with E-state index in [1.54, 1.807) is 0 Å². The van der Waals surface area contributed by atoms with Crippen LogP contribution >= 0.6 is 0 Å². The molecule has 0 radical (unpaired) electrons. The Morgan fingerprint density at radius 3 is 2.36 bits per heavy atom. The van der Waals surface area contributed by atoms with Crippen molar-refractivity contribution >= 4 is 34.8 Å². The Morgan fingerprint density at radius 2 is 1.61 bits per heavy atom. The highest BCUT2D eigenvalue weighted by molar-refractivity contribution is 6.90. The van der Waals surface area contributed by atoms with E-state index >= 15 is 0 Å². The predicted octanol–water partition coefficient (Wildman–Crippen LogP) is 5.75. The normalized spacial score (nSPS) is 12.9. The van der Waals surface area contributed by atoms with Crippen LogP contribution in [0.2, 0.25) is 19.6 Å². The maximum atomic E-state index is 6.59. The van der Waals surface area contributed by atoms with Crippen LogP contribution in [-0.2, 0) is 7.05 Å². The first-order chi connectivity index (χ1) is 13.3. The molecule has 0 bridgehead atoms. The number of benzene rings is 3. The Balaban J connectivity index is 2.01. The standard InChI is InChI=1S/C25H26NOSi/c1-15-18-10-8-12-20(28(4,5)6)21(18)16(2)25-22(15)24-23-17(13-14-26(24)3)9-7-11-19(23)27-25/h7-14H,1-6H3/q+1. The molecule has 0 atom stereocenters. The molecule has 3 aromatic carbocycles. The molecule has 0 saturated heterocycles. The summed E-state index contributed by atoms with van der Waals surface area (Å²) in [6, 6.07) is 15.4. The number of rotatable bonds is 1. The van der Waals surface area contributed by atoms with Gasteiger partial charge in [0.2, 0.25) is 5.69 Å². The second-order valence-electron chi connectivity index (χ2n) is 9.03. The molecular weight excluding hydrogens is 358 g/mol. The molecule has 140 valence electrons. The van der Waals surface area contributed by atoms with E-state index in [1.165, 1.54) is 49.1 Å². The van der Waals surface area contributed by atoms with E-state index in [4.69, 9.17) is 4.74 Å². The molecule has 4 aromatic rings. The summed E-state index contributed by atoms with van der Waals surface area (Å²) in [5.74, 6) is 1.99. The third-order valence-electron chi connectivity index (χ3n) is 6.17. The minimum Gasteiger partial charge on any atom is -0.455 e. The van der Waals surface area contributed by atoms with Crippen molar-refractivity contribution in [2.24, 2.45) is 7.05 Å². The third-order valence-corrected chi connectivity index (χ3v) is 8.20. The topological polar surface area (TPSA) is 13.1 Å². The van der Waals surface area contributed by atoms with Gasteiger partial charge in [-0.25, -0.2) is 4.57 Å². The fraction of sp³-hybridized carbons (Fsp3) is 0.240. The van der Waals surface area contributed by atoms with Crippen molar-refractivity contribution < 1.29 is 9.30 Å². The molecule has 5 rings (SSSR count). The molecule has 0 N–H and O–H groups in total. The van der Waals surface area contributed by atoms with Crippen LogP contribution < -0.4 is 14.5 Å². The Labute approximate surface area is 167 Å². The summed E-state index contributed by atoms with van der Waals surface area (Å²) < 4.78 is 8.84. The Hall–Kier alpha value is -2.65. The van der Waals surface area contributed by atoms with Crippen LogP contribution in [0.4, 0.5) is 0 Å². The molecule has 0 aliphatic carbocycles. The van der Waals surface area contributed by atoms with E-state index in [2.05, 4.69) is 93.8 Å². The van der Waals surface area contributed by atoms with Gasteiger partial charge in [-0.3, -0.25) is 0 Å². The SMILES string of the molecule is Cc1c2c(c(C)c3c([Si](C)(C)C)cccc13)Oc1cccc3cc[n+](C)c-2c13. The molecule has 3 heteroatoms. The highest BCUT2D eigenvalue weighted by Crippen LogP contribution is 2.49. The van der Waals surface area contributed by atoms with Crippen molar-refractivity contribution in [1.29, 1.82) is 0 Å². The number of hydrogen-bond donors (Lipinski definition) is 0. The molecule has 0 saturated carbocycles. The van der Waals surface area contributed by atoms with Crippen molar-refractivity contribution in [3.05, 3.63) is 59.8 Å². The highest BCUT2D eigenvalue weighted by atomic mass is 28.3. The van der Waals surface area contributed by atoms with Gasteiger partial charge in [-0.1, -0.05) is 55.2 Å². The largest absolute Gasteiger partial charge is 0.455 e. The van der Waals surface area contributed by atoms with Crippen molar-refractivity contribution in [2.75, 3.05) is 0 Å². The van der Waals surface area contributed by atoms with Gasteiger partial charge in [0, 0.05) is 11.6 Å². The van der Waals surface area contributed by atoms with E-state index < -0.39 is 8.07 Å². The van der Waals surface area contributed by atoms with E-state index in [1.807, 2.05) is 0 Å². The molecule has 2 heterocycles. The maximum Gasteiger partial charge on any atom is 0.228 e. The van der Waals surface area contributed by atoms with Crippen LogP contribution in [0.25, 0.3) is 32.8 Å². The first-order valence-electron chi connectivity index (χ1n) is 9.95. The molecule has 28 heavy (non-hydrogen) atoms. The molecule has 0 unspecified atom stereocenters. The molecule has 1 aromatic heterocycles. The van der Waals surface area contributed by atoms with Crippen LogP contribution in [-0.4, -0.2) is 8.07 Å². The Bertz CT molecular complexity index is 1300. The monoisotopic (exact) mass is 384 g/mol. The molecule has 2 nitrogen and oxygen atoms in total. The summed E-state index contributed by atoms with van der Waals surface area (Å²) >= 11 is 0. The quantitative estimate of drug-likeness (QED) is 0.265. The van der Waals surface area contributed by atoms with Gasteiger partial charge in [-0.15, -0.1) is 0 Å². The number of pyridine rings is 1. The van der Waals surface area contributed by atoms with E-state index in [0.29, 0.717) is 0 Å². The average molecular weight is 385 g/mol. The van der Waals surface area contributed by atoms with Gasteiger partial charge in [0.15, 0.2) is 6.20 Å². The van der Waals surface area contributed by atoms with Gasteiger partial charge < -0.3 is 4.74 Å².